The Balaban J connectivity index is 1.63. The Kier molecular flexibility index (Phi) is 4.32. The maximum absolute atomic E-state index is 6.29. The molecular formula is C17H20ClN3. The van der Waals surface area contributed by atoms with Crippen molar-refractivity contribution in [3.8, 4) is 0 Å². The summed E-state index contributed by atoms with van der Waals surface area (Å²) < 4.78 is 0. The molecule has 0 aromatic heterocycles. The molecule has 0 bridgehead atoms. The second-order valence-corrected chi connectivity index (χ2v) is 5.83. The van der Waals surface area contributed by atoms with Gasteiger partial charge >= 0.3 is 0 Å². The quantitative estimate of drug-likeness (QED) is 0.883. The highest BCUT2D eigenvalue weighted by atomic mass is 35.5. The number of para-hydroxylation sites is 1. The van der Waals surface area contributed by atoms with Gasteiger partial charge in [0.25, 0.3) is 0 Å². The van der Waals surface area contributed by atoms with Crippen LogP contribution in [0.1, 0.15) is 5.56 Å². The lowest BCUT2D eigenvalue weighted by Gasteiger charge is -2.37. The third-order valence-electron chi connectivity index (χ3n) is 3.96. The summed E-state index contributed by atoms with van der Waals surface area (Å²) in [6, 6.07) is 16.3. The van der Waals surface area contributed by atoms with Crippen molar-refractivity contribution in [2.75, 3.05) is 36.8 Å². The van der Waals surface area contributed by atoms with Gasteiger partial charge in [-0.15, -0.1) is 0 Å². The minimum Gasteiger partial charge on any atom is -0.397 e. The third-order valence-corrected chi connectivity index (χ3v) is 4.26. The Labute approximate surface area is 130 Å². The topological polar surface area (TPSA) is 32.5 Å². The van der Waals surface area contributed by atoms with E-state index in [1.807, 2.05) is 18.2 Å². The molecule has 1 aliphatic heterocycles. The van der Waals surface area contributed by atoms with Gasteiger partial charge in [0.15, 0.2) is 0 Å². The monoisotopic (exact) mass is 301 g/mol. The molecule has 2 N–H and O–H groups in total. The molecule has 3 rings (SSSR count). The van der Waals surface area contributed by atoms with Crippen molar-refractivity contribution in [2.45, 2.75) is 6.54 Å². The molecule has 0 saturated carbocycles. The fraction of sp³-hybridized carbons (Fsp3) is 0.294. The number of piperazine rings is 1. The van der Waals surface area contributed by atoms with Gasteiger partial charge in [-0.05, 0) is 17.7 Å². The number of hydrogen-bond acceptors (Lipinski definition) is 3. The zero-order valence-corrected chi connectivity index (χ0v) is 12.8. The van der Waals surface area contributed by atoms with Gasteiger partial charge in [0.1, 0.15) is 0 Å². The molecular weight excluding hydrogens is 282 g/mol. The first-order valence-electron chi connectivity index (χ1n) is 7.29. The summed E-state index contributed by atoms with van der Waals surface area (Å²) in [6.07, 6.45) is 0. The molecule has 0 unspecified atom stereocenters. The van der Waals surface area contributed by atoms with Gasteiger partial charge < -0.3 is 10.6 Å². The molecule has 1 fully saturated rings. The predicted octanol–water partition coefficient (Wildman–Crippen LogP) is 3.24. The molecule has 2 aromatic carbocycles. The van der Waals surface area contributed by atoms with Crippen LogP contribution in [-0.2, 0) is 6.54 Å². The average Bonchev–Trinajstić information content (AvgIpc) is 2.50. The van der Waals surface area contributed by atoms with Crippen molar-refractivity contribution in [1.29, 1.82) is 0 Å². The zero-order chi connectivity index (χ0) is 14.7. The fourth-order valence-electron chi connectivity index (χ4n) is 2.84. The summed E-state index contributed by atoms with van der Waals surface area (Å²) in [6.45, 7) is 4.98. The summed E-state index contributed by atoms with van der Waals surface area (Å²) in [5.41, 5.74) is 9.18. The van der Waals surface area contributed by atoms with E-state index in [1.54, 1.807) is 0 Å². The summed E-state index contributed by atoms with van der Waals surface area (Å²) >= 11 is 6.29. The molecule has 0 amide bonds. The van der Waals surface area contributed by atoms with Crippen molar-refractivity contribution < 1.29 is 0 Å². The lowest BCUT2D eigenvalue weighted by atomic mass is 10.2. The second kappa shape index (κ2) is 6.37. The summed E-state index contributed by atoms with van der Waals surface area (Å²) in [4.78, 5) is 4.76. The number of nitrogens with two attached hydrogens (primary N) is 1. The molecule has 0 aliphatic carbocycles. The van der Waals surface area contributed by atoms with Crippen LogP contribution in [0.25, 0.3) is 0 Å². The smallest absolute Gasteiger partial charge is 0.0790 e. The number of benzene rings is 2. The van der Waals surface area contributed by atoms with Crippen LogP contribution < -0.4 is 10.6 Å². The number of hydrogen-bond donors (Lipinski definition) is 1. The van der Waals surface area contributed by atoms with Crippen molar-refractivity contribution >= 4 is 23.0 Å². The van der Waals surface area contributed by atoms with E-state index in [-0.39, 0.29) is 0 Å². The van der Waals surface area contributed by atoms with Crippen LogP contribution >= 0.6 is 11.6 Å². The van der Waals surface area contributed by atoms with E-state index in [2.05, 4.69) is 40.1 Å². The Bertz CT molecular complexity index is 572. The number of nitrogens with zero attached hydrogens (tertiary/aromatic N) is 2. The van der Waals surface area contributed by atoms with Gasteiger partial charge in [-0.25, -0.2) is 0 Å². The van der Waals surface area contributed by atoms with Gasteiger partial charge in [-0.1, -0.05) is 48.0 Å². The van der Waals surface area contributed by atoms with Gasteiger partial charge in [-0.3, -0.25) is 4.90 Å². The molecule has 1 saturated heterocycles. The minimum atomic E-state index is 0.742. The summed E-state index contributed by atoms with van der Waals surface area (Å²) in [5, 5.41) is 0.742. The first kappa shape index (κ1) is 14.2. The first-order chi connectivity index (χ1) is 10.2. The Hall–Kier alpha value is -1.71. The number of anilines is 2. The zero-order valence-electron chi connectivity index (χ0n) is 12.0. The maximum atomic E-state index is 6.29. The van der Waals surface area contributed by atoms with Crippen molar-refractivity contribution in [2.24, 2.45) is 0 Å². The standard InChI is InChI=1S/C17H20ClN3/c18-15-7-4-8-16(19)17(15)21-11-9-20(10-12-21)13-14-5-2-1-3-6-14/h1-8H,9-13,19H2. The van der Waals surface area contributed by atoms with Crippen LogP contribution in [0.15, 0.2) is 48.5 Å². The molecule has 3 nitrogen and oxygen atoms in total. The van der Waals surface area contributed by atoms with Gasteiger partial charge in [-0.2, -0.15) is 0 Å². The van der Waals surface area contributed by atoms with E-state index in [0.717, 1.165) is 49.1 Å². The van der Waals surface area contributed by atoms with Crippen LogP contribution in [0.2, 0.25) is 5.02 Å². The van der Waals surface area contributed by atoms with E-state index in [1.165, 1.54) is 5.56 Å². The summed E-state index contributed by atoms with van der Waals surface area (Å²) in [5.74, 6) is 0. The lowest BCUT2D eigenvalue weighted by molar-refractivity contribution is 0.250. The van der Waals surface area contributed by atoms with Gasteiger partial charge in [0.05, 0.1) is 16.4 Å². The fourth-order valence-corrected chi connectivity index (χ4v) is 3.14. The first-order valence-corrected chi connectivity index (χ1v) is 7.67. The SMILES string of the molecule is Nc1cccc(Cl)c1N1CCN(Cc2ccccc2)CC1. The molecule has 2 aromatic rings. The highest BCUT2D eigenvalue weighted by Gasteiger charge is 2.20. The number of nitrogen functional groups attached to an aromatic ring is 1. The van der Waals surface area contributed by atoms with E-state index in [9.17, 15) is 0 Å². The van der Waals surface area contributed by atoms with Crippen LogP contribution in [0.4, 0.5) is 11.4 Å². The van der Waals surface area contributed by atoms with Crippen molar-refractivity contribution in [3.05, 3.63) is 59.1 Å². The highest BCUT2D eigenvalue weighted by molar-refractivity contribution is 6.34. The van der Waals surface area contributed by atoms with Crippen LogP contribution in [0.5, 0.6) is 0 Å². The number of rotatable bonds is 3. The molecule has 0 radical (unpaired) electrons. The molecule has 21 heavy (non-hydrogen) atoms. The molecule has 0 atom stereocenters. The van der Waals surface area contributed by atoms with Crippen molar-refractivity contribution in [1.82, 2.24) is 4.90 Å². The summed E-state index contributed by atoms with van der Waals surface area (Å²) in [7, 11) is 0. The van der Waals surface area contributed by atoms with Crippen molar-refractivity contribution in [3.63, 3.8) is 0 Å². The average molecular weight is 302 g/mol. The lowest BCUT2D eigenvalue weighted by Crippen LogP contribution is -2.46. The third kappa shape index (κ3) is 3.31. The van der Waals surface area contributed by atoms with E-state index in [0.29, 0.717) is 0 Å². The minimum absolute atomic E-state index is 0.742. The maximum Gasteiger partial charge on any atom is 0.0790 e. The van der Waals surface area contributed by atoms with Crippen LogP contribution in [-0.4, -0.2) is 31.1 Å². The second-order valence-electron chi connectivity index (χ2n) is 5.43. The predicted molar refractivity (Wildman–Crippen MR) is 89.8 cm³/mol. The molecule has 110 valence electrons. The van der Waals surface area contributed by atoms with Crippen LogP contribution in [0, 0.1) is 0 Å². The Morgan fingerprint density at radius 3 is 2.29 bits per heavy atom. The highest BCUT2D eigenvalue weighted by Crippen LogP contribution is 2.32. The van der Waals surface area contributed by atoms with Gasteiger partial charge in [0, 0.05) is 32.7 Å². The van der Waals surface area contributed by atoms with E-state index in [4.69, 9.17) is 17.3 Å². The van der Waals surface area contributed by atoms with Gasteiger partial charge in [0.2, 0.25) is 0 Å². The van der Waals surface area contributed by atoms with Crippen LogP contribution in [0.3, 0.4) is 0 Å². The normalized spacial score (nSPS) is 16.1. The molecule has 1 aliphatic rings. The Morgan fingerprint density at radius 2 is 1.62 bits per heavy atom. The number of halogens is 1. The molecule has 1 heterocycles. The van der Waals surface area contributed by atoms with E-state index < -0.39 is 0 Å². The molecule has 0 spiro atoms. The largest absolute Gasteiger partial charge is 0.397 e. The molecule has 4 heteroatoms. The van der Waals surface area contributed by atoms with E-state index >= 15 is 0 Å². The Morgan fingerprint density at radius 1 is 0.905 bits per heavy atom.